The van der Waals surface area contributed by atoms with Crippen LogP contribution in [0, 0.1) is 13.8 Å². The van der Waals surface area contributed by atoms with Crippen LogP contribution in [-0.4, -0.2) is 7.05 Å². The maximum Gasteiger partial charge on any atom is 0.0439 e. The summed E-state index contributed by atoms with van der Waals surface area (Å²) in [5, 5.41) is 4.84. The molecule has 0 fully saturated rings. The number of hydrogen-bond donors (Lipinski definition) is 1. The number of hydrogen-bond acceptors (Lipinski definition) is 1. The lowest BCUT2D eigenvalue weighted by Crippen LogP contribution is -2.19. The van der Waals surface area contributed by atoms with Crippen molar-refractivity contribution in [2.45, 2.75) is 26.3 Å². The second-order valence-corrected chi connectivity index (χ2v) is 6.89. The van der Waals surface area contributed by atoms with Crippen molar-refractivity contribution in [1.82, 2.24) is 5.32 Å². The van der Waals surface area contributed by atoms with Crippen LogP contribution in [-0.2, 0) is 6.42 Å². The summed E-state index contributed by atoms with van der Waals surface area (Å²) in [5.74, 6) is 0. The molecule has 21 heavy (non-hydrogen) atoms. The fraction of sp³-hybridized carbons (Fsp3) is 0.294. The lowest BCUT2D eigenvalue weighted by Gasteiger charge is -2.20. The molecule has 2 aromatic carbocycles. The predicted molar refractivity (Wildman–Crippen MR) is 95.6 cm³/mol. The van der Waals surface area contributed by atoms with Crippen LogP contribution < -0.4 is 5.32 Å². The van der Waals surface area contributed by atoms with E-state index in [-0.39, 0.29) is 6.04 Å². The largest absolute Gasteiger partial charge is 0.313 e. The van der Waals surface area contributed by atoms with Gasteiger partial charge in [-0.25, -0.2) is 0 Å². The first-order valence-corrected chi connectivity index (χ1v) is 8.35. The molecule has 0 aromatic heterocycles. The SMILES string of the molecule is CNC(Cc1cc(Cl)ccc1Cl)c1cc(C)c(Br)c(C)c1. The quantitative estimate of drug-likeness (QED) is 0.692. The second kappa shape index (κ2) is 7.15. The molecule has 0 saturated carbocycles. The molecule has 0 spiro atoms. The molecule has 0 saturated heterocycles. The van der Waals surface area contributed by atoms with E-state index in [1.807, 2.05) is 25.2 Å². The van der Waals surface area contributed by atoms with Gasteiger partial charge in [-0.3, -0.25) is 0 Å². The van der Waals surface area contributed by atoms with Crippen molar-refractivity contribution >= 4 is 39.1 Å². The van der Waals surface area contributed by atoms with Crippen LogP contribution in [0.5, 0.6) is 0 Å². The van der Waals surface area contributed by atoms with Crippen LogP contribution in [0.15, 0.2) is 34.8 Å². The molecular formula is C17H18BrCl2N. The molecule has 4 heteroatoms. The Labute approximate surface area is 144 Å². The monoisotopic (exact) mass is 385 g/mol. The minimum Gasteiger partial charge on any atom is -0.313 e. The highest BCUT2D eigenvalue weighted by molar-refractivity contribution is 9.10. The van der Waals surface area contributed by atoms with Gasteiger partial charge in [-0.2, -0.15) is 0 Å². The summed E-state index contributed by atoms with van der Waals surface area (Å²) in [7, 11) is 1.97. The van der Waals surface area contributed by atoms with Gasteiger partial charge in [0.2, 0.25) is 0 Å². The van der Waals surface area contributed by atoms with E-state index in [0.29, 0.717) is 5.02 Å². The normalized spacial score (nSPS) is 12.5. The van der Waals surface area contributed by atoms with Gasteiger partial charge in [-0.05, 0) is 67.8 Å². The highest BCUT2D eigenvalue weighted by Gasteiger charge is 2.14. The van der Waals surface area contributed by atoms with E-state index < -0.39 is 0 Å². The van der Waals surface area contributed by atoms with Crippen molar-refractivity contribution < 1.29 is 0 Å². The Morgan fingerprint density at radius 3 is 2.29 bits per heavy atom. The highest BCUT2D eigenvalue weighted by atomic mass is 79.9. The van der Waals surface area contributed by atoms with Gasteiger partial charge in [0, 0.05) is 20.6 Å². The van der Waals surface area contributed by atoms with Crippen molar-refractivity contribution in [3.8, 4) is 0 Å². The van der Waals surface area contributed by atoms with Gasteiger partial charge >= 0.3 is 0 Å². The summed E-state index contributed by atoms with van der Waals surface area (Å²) in [5.41, 5.74) is 4.79. The standard InChI is InChI=1S/C17H18BrCl2N/c1-10-6-13(7-11(2)17(10)18)16(21-3)9-12-8-14(19)4-5-15(12)20/h4-8,16,21H,9H2,1-3H3. The summed E-state index contributed by atoms with van der Waals surface area (Å²) in [6.45, 7) is 4.22. The van der Waals surface area contributed by atoms with Gasteiger partial charge in [0.15, 0.2) is 0 Å². The van der Waals surface area contributed by atoms with E-state index in [0.717, 1.165) is 17.0 Å². The molecule has 1 N–H and O–H groups in total. The third-order valence-electron chi connectivity index (χ3n) is 3.64. The first-order valence-electron chi connectivity index (χ1n) is 6.80. The van der Waals surface area contributed by atoms with Crippen molar-refractivity contribution in [2.75, 3.05) is 7.05 Å². The fourth-order valence-corrected chi connectivity index (χ4v) is 3.11. The van der Waals surface area contributed by atoms with Crippen LogP contribution in [0.2, 0.25) is 10.0 Å². The van der Waals surface area contributed by atoms with Gasteiger partial charge in [-0.15, -0.1) is 0 Å². The van der Waals surface area contributed by atoms with Crippen LogP contribution >= 0.6 is 39.1 Å². The molecule has 1 unspecified atom stereocenters. The molecule has 0 radical (unpaired) electrons. The van der Waals surface area contributed by atoms with Crippen molar-refractivity contribution in [3.63, 3.8) is 0 Å². The fourth-order valence-electron chi connectivity index (χ4n) is 2.49. The third kappa shape index (κ3) is 4.01. The number of aryl methyl sites for hydroxylation is 2. The van der Waals surface area contributed by atoms with E-state index in [1.54, 1.807) is 0 Å². The third-order valence-corrected chi connectivity index (χ3v) is 5.50. The molecule has 2 rings (SSSR count). The molecular weight excluding hydrogens is 369 g/mol. The number of halogens is 3. The maximum atomic E-state index is 6.28. The Morgan fingerprint density at radius 2 is 1.71 bits per heavy atom. The number of likely N-dealkylation sites (N-methyl/N-ethyl adjacent to an activating group) is 1. The Morgan fingerprint density at radius 1 is 1.10 bits per heavy atom. The average molecular weight is 387 g/mol. The highest BCUT2D eigenvalue weighted by Crippen LogP contribution is 2.29. The number of benzene rings is 2. The minimum absolute atomic E-state index is 0.200. The lowest BCUT2D eigenvalue weighted by atomic mass is 9.96. The smallest absolute Gasteiger partial charge is 0.0439 e. The van der Waals surface area contributed by atoms with Crippen LogP contribution in [0.3, 0.4) is 0 Å². The Bertz CT molecular complexity index is 632. The predicted octanol–water partition coefficient (Wildman–Crippen LogP) is 5.88. The molecule has 0 amide bonds. The molecule has 0 aliphatic heterocycles. The van der Waals surface area contributed by atoms with Gasteiger partial charge < -0.3 is 5.32 Å². The summed E-state index contributed by atoms with van der Waals surface area (Å²) in [6, 6.07) is 10.2. The van der Waals surface area contributed by atoms with Crippen molar-refractivity contribution in [3.05, 3.63) is 67.1 Å². The number of rotatable bonds is 4. The van der Waals surface area contributed by atoms with E-state index in [4.69, 9.17) is 23.2 Å². The zero-order valence-corrected chi connectivity index (χ0v) is 15.4. The molecule has 0 heterocycles. The summed E-state index contributed by atoms with van der Waals surface area (Å²) < 4.78 is 1.17. The first kappa shape index (κ1) is 16.8. The molecule has 2 aromatic rings. The molecule has 0 aliphatic carbocycles. The van der Waals surface area contributed by atoms with E-state index in [2.05, 4.69) is 47.2 Å². The summed E-state index contributed by atoms with van der Waals surface area (Å²) in [4.78, 5) is 0. The van der Waals surface area contributed by atoms with Gasteiger partial charge in [0.05, 0.1) is 0 Å². The van der Waals surface area contributed by atoms with Crippen LogP contribution in [0.25, 0.3) is 0 Å². The lowest BCUT2D eigenvalue weighted by molar-refractivity contribution is 0.591. The van der Waals surface area contributed by atoms with Crippen LogP contribution in [0.1, 0.15) is 28.3 Å². The zero-order chi connectivity index (χ0) is 15.6. The Balaban J connectivity index is 2.34. The number of nitrogens with one attached hydrogen (secondary N) is 1. The maximum absolute atomic E-state index is 6.28. The van der Waals surface area contributed by atoms with E-state index in [1.165, 1.54) is 21.2 Å². The average Bonchev–Trinajstić information content (AvgIpc) is 2.45. The van der Waals surface area contributed by atoms with Gasteiger partial charge in [-0.1, -0.05) is 51.3 Å². The molecule has 0 aliphatic rings. The first-order chi connectivity index (χ1) is 9.92. The zero-order valence-electron chi connectivity index (χ0n) is 12.3. The van der Waals surface area contributed by atoms with Crippen molar-refractivity contribution in [1.29, 1.82) is 0 Å². The topological polar surface area (TPSA) is 12.0 Å². The molecule has 1 atom stereocenters. The minimum atomic E-state index is 0.200. The van der Waals surface area contributed by atoms with Crippen LogP contribution in [0.4, 0.5) is 0 Å². The molecule has 0 bridgehead atoms. The second-order valence-electron chi connectivity index (χ2n) is 5.25. The van der Waals surface area contributed by atoms with E-state index in [9.17, 15) is 0 Å². The summed E-state index contributed by atoms with van der Waals surface area (Å²) in [6.07, 6.45) is 0.802. The Hall–Kier alpha value is -0.540. The van der Waals surface area contributed by atoms with Gasteiger partial charge in [0.1, 0.15) is 0 Å². The summed E-state index contributed by atoms with van der Waals surface area (Å²) >= 11 is 16.0. The molecule has 112 valence electrons. The van der Waals surface area contributed by atoms with E-state index >= 15 is 0 Å². The van der Waals surface area contributed by atoms with Gasteiger partial charge in [0.25, 0.3) is 0 Å². The molecule has 1 nitrogen and oxygen atoms in total. The Kier molecular flexibility index (Phi) is 5.73. The van der Waals surface area contributed by atoms with Crippen molar-refractivity contribution in [2.24, 2.45) is 0 Å².